The number of ether oxygens (including phenoxy) is 3. The third kappa shape index (κ3) is 14.0. The number of guanidine groups is 1. The van der Waals surface area contributed by atoms with Crippen LogP contribution in [0.2, 0.25) is 0 Å². The maximum Gasteiger partial charge on any atom is 0.191 e. The second-order valence-electron chi connectivity index (χ2n) is 6.38. The minimum Gasteiger partial charge on any atom is -0.492 e. The zero-order valence-corrected chi connectivity index (χ0v) is 20.0. The summed E-state index contributed by atoms with van der Waals surface area (Å²) >= 11 is 0. The number of likely N-dealkylation sites (N-methyl/N-ethyl adjacent to an activating group) is 1. The van der Waals surface area contributed by atoms with Gasteiger partial charge in [-0.3, -0.25) is 0 Å². The standard InChI is InChI=1S/C20H36N4O3.HI/c1-5-21-20(22-10-7-12-26-15-14-25-4)23-17-18-8-6-9-19(16-18)27-13-11-24(2)3;/h6,8-9,16H,5,7,10-15,17H2,1-4H3,(H2,21,22,23);1H. The van der Waals surface area contributed by atoms with Crippen molar-refractivity contribution in [2.75, 3.05) is 67.3 Å². The van der Waals surface area contributed by atoms with Crippen LogP contribution in [-0.4, -0.2) is 78.1 Å². The molecule has 0 fully saturated rings. The van der Waals surface area contributed by atoms with E-state index < -0.39 is 0 Å². The third-order valence-corrected chi connectivity index (χ3v) is 3.66. The summed E-state index contributed by atoms with van der Waals surface area (Å²) in [4.78, 5) is 6.75. The fraction of sp³-hybridized carbons (Fsp3) is 0.650. The molecule has 162 valence electrons. The molecule has 0 saturated carbocycles. The molecular weight excluding hydrogens is 471 g/mol. The van der Waals surface area contributed by atoms with E-state index in [1.165, 1.54) is 0 Å². The second kappa shape index (κ2) is 18.0. The first-order valence-corrected chi connectivity index (χ1v) is 9.61. The van der Waals surface area contributed by atoms with Gasteiger partial charge in [0.05, 0.1) is 19.8 Å². The molecular formula is C20H37IN4O3. The quantitative estimate of drug-likeness (QED) is 0.174. The third-order valence-electron chi connectivity index (χ3n) is 3.66. The second-order valence-corrected chi connectivity index (χ2v) is 6.38. The molecule has 0 saturated heterocycles. The summed E-state index contributed by atoms with van der Waals surface area (Å²) in [5.74, 6) is 1.70. The molecule has 0 spiro atoms. The van der Waals surface area contributed by atoms with Crippen LogP contribution in [0.3, 0.4) is 0 Å². The van der Waals surface area contributed by atoms with Crippen molar-refractivity contribution in [3.63, 3.8) is 0 Å². The monoisotopic (exact) mass is 508 g/mol. The lowest BCUT2D eigenvalue weighted by Crippen LogP contribution is -2.38. The Morgan fingerprint density at radius 1 is 1.11 bits per heavy atom. The molecule has 1 rings (SSSR count). The number of nitrogens with one attached hydrogen (secondary N) is 2. The lowest BCUT2D eigenvalue weighted by atomic mass is 10.2. The van der Waals surface area contributed by atoms with Crippen LogP contribution in [0.1, 0.15) is 18.9 Å². The number of aliphatic imine (C=N–C) groups is 1. The van der Waals surface area contributed by atoms with Crippen LogP contribution in [0.15, 0.2) is 29.3 Å². The highest BCUT2D eigenvalue weighted by molar-refractivity contribution is 14.0. The van der Waals surface area contributed by atoms with Crippen molar-refractivity contribution in [2.45, 2.75) is 19.9 Å². The molecule has 1 aromatic carbocycles. The topological polar surface area (TPSA) is 67.4 Å². The molecule has 0 heterocycles. The Morgan fingerprint density at radius 3 is 2.64 bits per heavy atom. The van der Waals surface area contributed by atoms with Gasteiger partial charge in [0.2, 0.25) is 0 Å². The van der Waals surface area contributed by atoms with Gasteiger partial charge < -0.3 is 29.7 Å². The summed E-state index contributed by atoms with van der Waals surface area (Å²) in [6.45, 7) is 7.85. The van der Waals surface area contributed by atoms with E-state index in [9.17, 15) is 0 Å². The normalized spacial score (nSPS) is 11.2. The van der Waals surface area contributed by atoms with E-state index in [1.807, 2.05) is 32.3 Å². The van der Waals surface area contributed by atoms with E-state index in [0.29, 0.717) is 33.0 Å². The van der Waals surface area contributed by atoms with Crippen LogP contribution >= 0.6 is 24.0 Å². The Labute approximate surface area is 187 Å². The van der Waals surface area contributed by atoms with E-state index in [-0.39, 0.29) is 24.0 Å². The average molecular weight is 508 g/mol. The largest absolute Gasteiger partial charge is 0.492 e. The van der Waals surface area contributed by atoms with Gasteiger partial charge in [-0.15, -0.1) is 24.0 Å². The number of methoxy groups -OCH3 is 1. The Bertz CT molecular complexity index is 530. The maximum absolute atomic E-state index is 5.79. The summed E-state index contributed by atoms with van der Waals surface area (Å²) in [5, 5.41) is 6.60. The predicted molar refractivity (Wildman–Crippen MR) is 126 cm³/mol. The van der Waals surface area contributed by atoms with E-state index >= 15 is 0 Å². The smallest absolute Gasteiger partial charge is 0.191 e. The van der Waals surface area contributed by atoms with Crippen LogP contribution < -0.4 is 15.4 Å². The van der Waals surface area contributed by atoms with Crippen LogP contribution in [0.4, 0.5) is 0 Å². The maximum atomic E-state index is 5.79. The summed E-state index contributed by atoms with van der Waals surface area (Å²) in [5.41, 5.74) is 1.12. The predicted octanol–water partition coefficient (Wildman–Crippen LogP) is 2.35. The minimum atomic E-state index is 0. The number of hydrogen-bond acceptors (Lipinski definition) is 5. The van der Waals surface area contributed by atoms with E-state index in [2.05, 4.69) is 33.5 Å². The van der Waals surface area contributed by atoms with Crippen molar-refractivity contribution >= 4 is 29.9 Å². The van der Waals surface area contributed by atoms with Crippen molar-refractivity contribution in [3.8, 4) is 5.75 Å². The Kier molecular flexibility index (Phi) is 17.3. The molecule has 28 heavy (non-hydrogen) atoms. The highest BCUT2D eigenvalue weighted by atomic mass is 127. The molecule has 0 atom stereocenters. The van der Waals surface area contributed by atoms with Gasteiger partial charge in [0.25, 0.3) is 0 Å². The highest BCUT2D eigenvalue weighted by Gasteiger charge is 2.00. The van der Waals surface area contributed by atoms with Crippen molar-refractivity contribution in [1.29, 1.82) is 0 Å². The van der Waals surface area contributed by atoms with Crippen molar-refractivity contribution in [3.05, 3.63) is 29.8 Å². The van der Waals surface area contributed by atoms with Gasteiger partial charge >= 0.3 is 0 Å². The van der Waals surface area contributed by atoms with Gasteiger partial charge in [0, 0.05) is 33.4 Å². The van der Waals surface area contributed by atoms with E-state index in [0.717, 1.165) is 43.3 Å². The van der Waals surface area contributed by atoms with Crippen LogP contribution in [-0.2, 0) is 16.0 Å². The number of nitrogens with zero attached hydrogens (tertiary/aromatic N) is 2. The first kappa shape index (κ1) is 26.9. The fourth-order valence-electron chi connectivity index (χ4n) is 2.22. The zero-order chi connectivity index (χ0) is 19.7. The number of benzene rings is 1. The SMILES string of the molecule is CCNC(=NCc1cccc(OCCN(C)C)c1)NCCCOCCOC.I. The van der Waals surface area contributed by atoms with Gasteiger partial charge in [-0.1, -0.05) is 12.1 Å². The summed E-state index contributed by atoms with van der Waals surface area (Å²) in [6.07, 6.45) is 0.920. The van der Waals surface area contributed by atoms with Gasteiger partial charge in [0.15, 0.2) is 5.96 Å². The molecule has 0 aliphatic rings. The Balaban J connectivity index is 0.00000729. The van der Waals surface area contributed by atoms with E-state index in [1.54, 1.807) is 7.11 Å². The number of rotatable bonds is 14. The number of hydrogen-bond donors (Lipinski definition) is 2. The molecule has 8 heteroatoms. The first-order valence-electron chi connectivity index (χ1n) is 9.61. The van der Waals surface area contributed by atoms with Crippen molar-refractivity contribution < 1.29 is 14.2 Å². The Hall–Kier alpha value is -1.10. The molecule has 0 aliphatic carbocycles. The van der Waals surface area contributed by atoms with Crippen LogP contribution in [0.5, 0.6) is 5.75 Å². The molecule has 7 nitrogen and oxygen atoms in total. The fourth-order valence-corrected chi connectivity index (χ4v) is 2.22. The molecule has 0 unspecified atom stereocenters. The van der Waals surface area contributed by atoms with Crippen LogP contribution in [0, 0.1) is 0 Å². The van der Waals surface area contributed by atoms with Crippen LogP contribution in [0.25, 0.3) is 0 Å². The van der Waals surface area contributed by atoms with Gasteiger partial charge in [-0.25, -0.2) is 4.99 Å². The zero-order valence-electron chi connectivity index (χ0n) is 17.7. The molecule has 0 radical (unpaired) electrons. The van der Waals surface area contributed by atoms with Gasteiger partial charge in [-0.05, 0) is 45.1 Å². The molecule has 0 bridgehead atoms. The van der Waals surface area contributed by atoms with Gasteiger partial charge in [-0.2, -0.15) is 0 Å². The first-order chi connectivity index (χ1) is 13.2. The average Bonchev–Trinajstić information content (AvgIpc) is 2.65. The van der Waals surface area contributed by atoms with Gasteiger partial charge in [0.1, 0.15) is 12.4 Å². The summed E-state index contributed by atoms with van der Waals surface area (Å²) in [7, 11) is 5.75. The lowest BCUT2D eigenvalue weighted by Gasteiger charge is -2.12. The van der Waals surface area contributed by atoms with Crippen molar-refractivity contribution in [2.24, 2.45) is 4.99 Å². The summed E-state index contributed by atoms with van der Waals surface area (Å²) in [6, 6.07) is 8.10. The number of halogens is 1. The van der Waals surface area contributed by atoms with E-state index in [4.69, 9.17) is 14.2 Å². The summed E-state index contributed by atoms with van der Waals surface area (Å²) < 4.78 is 16.2. The van der Waals surface area contributed by atoms with Crippen molar-refractivity contribution in [1.82, 2.24) is 15.5 Å². The Morgan fingerprint density at radius 2 is 1.93 bits per heavy atom. The molecule has 1 aromatic rings. The lowest BCUT2D eigenvalue weighted by molar-refractivity contribution is 0.0698. The molecule has 0 aliphatic heterocycles. The minimum absolute atomic E-state index is 0. The molecule has 2 N–H and O–H groups in total. The highest BCUT2D eigenvalue weighted by Crippen LogP contribution is 2.14. The molecule has 0 aromatic heterocycles. The molecule has 0 amide bonds.